The molecule has 0 aliphatic carbocycles. The van der Waals surface area contributed by atoms with Crippen molar-refractivity contribution in [2.75, 3.05) is 37.3 Å². The van der Waals surface area contributed by atoms with Crippen molar-refractivity contribution >= 4 is 23.0 Å². The first-order valence-corrected chi connectivity index (χ1v) is 8.28. The number of anilines is 2. The van der Waals surface area contributed by atoms with E-state index < -0.39 is 10.7 Å². The smallest absolute Gasteiger partial charge is 0.319 e. The number of rotatable bonds is 8. The highest BCUT2D eigenvalue weighted by molar-refractivity contribution is 5.71. The number of ether oxygens (including phenoxy) is 1. The minimum absolute atomic E-state index is 0.0959. The number of halogens is 1. The van der Waals surface area contributed by atoms with Crippen LogP contribution in [0.4, 0.5) is 21.5 Å². The summed E-state index contributed by atoms with van der Waals surface area (Å²) in [5.41, 5.74) is 7.23. The predicted octanol–water partition coefficient (Wildman–Crippen LogP) is 2.57. The van der Waals surface area contributed by atoms with E-state index in [1.807, 2.05) is 24.3 Å². The molecule has 27 heavy (non-hydrogen) atoms. The van der Waals surface area contributed by atoms with Gasteiger partial charge >= 0.3 is 5.97 Å². The predicted molar refractivity (Wildman–Crippen MR) is 102 cm³/mol. The molecule has 0 amide bonds. The van der Waals surface area contributed by atoms with E-state index in [4.69, 9.17) is 10.5 Å². The summed E-state index contributed by atoms with van der Waals surface area (Å²) in [4.78, 5) is 20.4. The number of esters is 1. The molecule has 0 atom stereocenters. The number of nitro benzene ring substituents is 1. The average molecular weight is 378 g/mol. The normalized spacial score (nSPS) is 9.70. The highest BCUT2D eigenvalue weighted by atomic mass is 19.1. The van der Waals surface area contributed by atoms with E-state index in [-0.39, 0.29) is 18.2 Å². The number of hydrogen-bond acceptors (Lipinski definition) is 7. The molecule has 0 unspecified atom stereocenters. The third-order valence-corrected chi connectivity index (χ3v) is 3.15. The van der Waals surface area contributed by atoms with Crippen molar-refractivity contribution in [2.24, 2.45) is 0 Å². The third-order valence-electron chi connectivity index (χ3n) is 3.15. The standard InChI is InChI=1S/C12H19N3O2.C6H4FNO2/c1-2-17-12(16)9-14-7-8-15-11-5-3-10(13)4-6-11;7-5-1-3-6(4-2-5)8(9)10/h3-6,14-15H,2,7-9,13H2,1H3;1-4H. The first-order valence-electron chi connectivity index (χ1n) is 8.28. The Hall–Kier alpha value is -3.20. The molecule has 0 saturated carbocycles. The molecule has 2 aromatic carbocycles. The van der Waals surface area contributed by atoms with Gasteiger partial charge in [0.15, 0.2) is 0 Å². The van der Waals surface area contributed by atoms with Crippen molar-refractivity contribution in [2.45, 2.75) is 6.92 Å². The maximum absolute atomic E-state index is 12.1. The maximum atomic E-state index is 12.1. The Morgan fingerprint density at radius 1 is 1.15 bits per heavy atom. The van der Waals surface area contributed by atoms with Crippen LogP contribution in [0.25, 0.3) is 0 Å². The van der Waals surface area contributed by atoms with Crippen molar-refractivity contribution in [1.82, 2.24) is 5.32 Å². The van der Waals surface area contributed by atoms with E-state index in [1.54, 1.807) is 6.92 Å². The van der Waals surface area contributed by atoms with Crippen molar-refractivity contribution in [3.8, 4) is 0 Å². The lowest BCUT2D eigenvalue weighted by atomic mass is 10.3. The maximum Gasteiger partial charge on any atom is 0.319 e. The van der Waals surface area contributed by atoms with Crippen molar-refractivity contribution in [3.63, 3.8) is 0 Å². The van der Waals surface area contributed by atoms with E-state index in [9.17, 15) is 19.3 Å². The molecule has 2 rings (SSSR count). The van der Waals surface area contributed by atoms with Gasteiger partial charge in [-0.05, 0) is 43.3 Å². The Morgan fingerprint density at radius 3 is 2.33 bits per heavy atom. The highest BCUT2D eigenvalue weighted by Gasteiger charge is 2.02. The molecular weight excluding hydrogens is 355 g/mol. The van der Waals surface area contributed by atoms with Crippen LogP contribution in [0.5, 0.6) is 0 Å². The van der Waals surface area contributed by atoms with Crippen LogP contribution in [0.1, 0.15) is 6.92 Å². The second-order valence-corrected chi connectivity index (χ2v) is 5.26. The number of nitrogen functional groups attached to an aromatic ring is 1. The second-order valence-electron chi connectivity index (χ2n) is 5.26. The highest BCUT2D eigenvalue weighted by Crippen LogP contribution is 2.10. The van der Waals surface area contributed by atoms with Crippen molar-refractivity contribution in [3.05, 3.63) is 64.5 Å². The minimum atomic E-state index is -0.570. The summed E-state index contributed by atoms with van der Waals surface area (Å²) >= 11 is 0. The quantitative estimate of drug-likeness (QED) is 0.212. The summed E-state index contributed by atoms with van der Waals surface area (Å²) in [7, 11) is 0. The SMILES string of the molecule is CCOC(=O)CNCCNc1ccc(N)cc1.O=[N+]([O-])c1ccc(F)cc1. The van der Waals surface area contributed by atoms with Gasteiger partial charge in [-0.3, -0.25) is 14.9 Å². The van der Waals surface area contributed by atoms with Gasteiger partial charge in [-0.1, -0.05) is 0 Å². The molecule has 8 nitrogen and oxygen atoms in total. The fourth-order valence-corrected chi connectivity index (χ4v) is 1.86. The lowest BCUT2D eigenvalue weighted by molar-refractivity contribution is -0.384. The van der Waals surface area contributed by atoms with Crippen LogP contribution < -0.4 is 16.4 Å². The number of nitro groups is 1. The number of non-ortho nitro benzene ring substituents is 1. The lowest BCUT2D eigenvalue weighted by Gasteiger charge is -2.07. The van der Waals surface area contributed by atoms with Gasteiger partial charge in [0.1, 0.15) is 5.82 Å². The van der Waals surface area contributed by atoms with E-state index in [0.717, 1.165) is 42.2 Å². The summed E-state index contributed by atoms with van der Waals surface area (Å²) in [6.07, 6.45) is 0. The van der Waals surface area contributed by atoms with Crippen LogP contribution in [0.15, 0.2) is 48.5 Å². The van der Waals surface area contributed by atoms with Gasteiger partial charge in [-0.2, -0.15) is 0 Å². The molecule has 146 valence electrons. The summed E-state index contributed by atoms with van der Waals surface area (Å²) in [6.45, 7) is 3.90. The second kappa shape index (κ2) is 12.2. The first kappa shape index (κ1) is 21.8. The molecule has 0 aliphatic heterocycles. The van der Waals surface area contributed by atoms with Crippen LogP contribution in [-0.4, -0.2) is 37.1 Å². The molecule has 0 radical (unpaired) electrons. The third kappa shape index (κ3) is 9.75. The van der Waals surface area contributed by atoms with Crippen LogP contribution in [-0.2, 0) is 9.53 Å². The molecule has 0 aromatic heterocycles. The number of benzene rings is 2. The van der Waals surface area contributed by atoms with Crippen LogP contribution in [0.3, 0.4) is 0 Å². The fraction of sp³-hybridized carbons (Fsp3) is 0.278. The Balaban J connectivity index is 0.000000309. The molecule has 4 N–H and O–H groups in total. The molecule has 0 saturated heterocycles. The number of carbonyl (C=O) groups excluding carboxylic acids is 1. The largest absolute Gasteiger partial charge is 0.465 e. The van der Waals surface area contributed by atoms with E-state index in [0.29, 0.717) is 13.2 Å². The van der Waals surface area contributed by atoms with Crippen LogP contribution in [0, 0.1) is 15.9 Å². The number of nitrogens with zero attached hydrogens (tertiary/aromatic N) is 1. The average Bonchev–Trinajstić information content (AvgIpc) is 2.64. The molecule has 0 heterocycles. The monoisotopic (exact) mass is 378 g/mol. The molecule has 0 bridgehead atoms. The zero-order valence-corrected chi connectivity index (χ0v) is 15.0. The van der Waals surface area contributed by atoms with Gasteiger partial charge in [-0.25, -0.2) is 4.39 Å². The van der Waals surface area contributed by atoms with E-state index in [2.05, 4.69) is 10.6 Å². The number of hydrogen-bond donors (Lipinski definition) is 3. The zero-order chi connectivity index (χ0) is 20.1. The van der Waals surface area contributed by atoms with E-state index >= 15 is 0 Å². The number of nitrogens with two attached hydrogens (primary N) is 1. The fourth-order valence-electron chi connectivity index (χ4n) is 1.86. The molecule has 0 aliphatic rings. The number of carbonyl (C=O) groups is 1. The minimum Gasteiger partial charge on any atom is -0.465 e. The topological polar surface area (TPSA) is 120 Å². The lowest BCUT2D eigenvalue weighted by Crippen LogP contribution is -2.29. The van der Waals surface area contributed by atoms with Crippen LogP contribution in [0.2, 0.25) is 0 Å². The van der Waals surface area contributed by atoms with E-state index in [1.165, 1.54) is 0 Å². The Bertz CT molecular complexity index is 708. The molecule has 0 fully saturated rings. The summed E-state index contributed by atoms with van der Waals surface area (Å²) in [6, 6.07) is 11.9. The Kier molecular flexibility index (Phi) is 9.87. The van der Waals surface area contributed by atoms with Gasteiger partial charge in [0.2, 0.25) is 0 Å². The summed E-state index contributed by atoms with van der Waals surface area (Å²) in [5, 5.41) is 16.2. The molecular formula is C18H23FN4O4. The van der Waals surface area contributed by atoms with Crippen molar-refractivity contribution in [1.29, 1.82) is 0 Å². The van der Waals surface area contributed by atoms with Gasteiger partial charge in [0.25, 0.3) is 5.69 Å². The Labute approximate surface area is 156 Å². The van der Waals surface area contributed by atoms with Gasteiger partial charge in [0, 0.05) is 36.6 Å². The van der Waals surface area contributed by atoms with Gasteiger partial charge in [-0.15, -0.1) is 0 Å². The van der Waals surface area contributed by atoms with Gasteiger partial charge < -0.3 is 21.1 Å². The summed E-state index contributed by atoms with van der Waals surface area (Å²) in [5.74, 6) is -0.689. The first-order chi connectivity index (χ1) is 12.9. The van der Waals surface area contributed by atoms with Crippen molar-refractivity contribution < 1.29 is 18.8 Å². The number of nitrogens with one attached hydrogen (secondary N) is 2. The molecule has 0 spiro atoms. The molecule has 2 aromatic rings. The summed E-state index contributed by atoms with van der Waals surface area (Å²) < 4.78 is 16.9. The molecule has 9 heteroatoms. The zero-order valence-electron chi connectivity index (χ0n) is 15.0. The Morgan fingerprint density at radius 2 is 1.78 bits per heavy atom. The van der Waals surface area contributed by atoms with Crippen LogP contribution >= 0.6 is 0 Å². The van der Waals surface area contributed by atoms with Gasteiger partial charge in [0.05, 0.1) is 18.1 Å².